The van der Waals surface area contributed by atoms with E-state index >= 15 is 0 Å². The molecule has 0 spiro atoms. The molecule has 1 aliphatic rings. The number of carbonyl (C=O) groups excluding carboxylic acids is 2. The molecule has 0 radical (unpaired) electrons. The van der Waals surface area contributed by atoms with Crippen molar-refractivity contribution in [2.24, 2.45) is 5.92 Å². The van der Waals surface area contributed by atoms with Gasteiger partial charge >= 0.3 is 0 Å². The number of nitrogens with zero attached hydrogens (tertiary/aromatic N) is 2. The van der Waals surface area contributed by atoms with Crippen LogP contribution in [-0.4, -0.2) is 38.0 Å². The Morgan fingerprint density at radius 1 is 1.02 bits per heavy atom. The Balaban J connectivity index is 1.23. The number of carbonyl (C=O) groups is 2. The lowest BCUT2D eigenvalue weighted by molar-refractivity contribution is 0.0949. The molecule has 4 aromatic rings. The minimum Gasteiger partial charge on any atom is -0.393 e. The van der Waals surface area contributed by atoms with Gasteiger partial charge in [-0.1, -0.05) is 41.8 Å². The molecule has 5 rings (SSSR count). The average Bonchev–Trinajstić information content (AvgIpc) is 2.97. The number of hydrogen-bond donors (Lipinski definition) is 4. The summed E-state index contributed by atoms with van der Waals surface area (Å²) in [5.74, 6) is 0.199. The monoisotopic (exact) mass is 607 g/mol. The molecule has 1 aliphatic carbocycles. The molecular formula is C31H31Cl2N5O4. The fourth-order valence-corrected chi connectivity index (χ4v) is 5.56. The second-order valence-electron chi connectivity index (χ2n) is 10.6. The normalized spacial score (nSPS) is 16.7. The van der Waals surface area contributed by atoms with Gasteiger partial charge < -0.3 is 20.7 Å². The van der Waals surface area contributed by atoms with Crippen molar-refractivity contribution in [3.05, 3.63) is 97.6 Å². The maximum atomic E-state index is 13.1. The zero-order valence-electron chi connectivity index (χ0n) is 22.8. The summed E-state index contributed by atoms with van der Waals surface area (Å²) >= 11 is 12.3. The number of pyridine rings is 1. The van der Waals surface area contributed by atoms with E-state index in [2.05, 4.69) is 25.6 Å². The lowest BCUT2D eigenvalue weighted by Crippen LogP contribution is -2.25. The Hall–Kier alpha value is -3.79. The van der Waals surface area contributed by atoms with Gasteiger partial charge in [-0.3, -0.25) is 14.4 Å². The van der Waals surface area contributed by atoms with Crippen molar-refractivity contribution in [3.8, 4) is 0 Å². The topological polar surface area (TPSA) is 137 Å². The first-order valence-corrected chi connectivity index (χ1v) is 14.7. The highest BCUT2D eigenvalue weighted by Crippen LogP contribution is 2.28. The van der Waals surface area contributed by atoms with Crippen LogP contribution in [0.1, 0.15) is 70.6 Å². The number of nitrogens with one attached hydrogen (secondary N) is 3. The number of aryl methyl sites for hydroxylation is 1. The summed E-state index contributed by atoms with van der Waals surface area (Å²) in [6, 6.07) is 13.1. The molecule has 2 heterocycles. The third-order valence-corrected chi connectivity index (χ3v) is 8.10. The SMILES string of the molecule is O=C(NCc1cccc(Cl)c1)c1ccc(Cl)c(NC(=O)c2cc3cnc(CCCC4CCC(O)CC4)nc3[nH]c2=O)c1. The average molecular weight is 609 g/mol. The number of H-pyrrole nitrogens is 1. The highest BCUT2D eigenvalue weighted by atomic mass is 35.5. The summed E-state index contributed by atoms with van der Waals surface area (Å²) in [6.45, 7) is 0.269. The van der Waals surface area contributed by atoms with Crippen LogP contribution in [0.3, 0.4) is 0 Å². The molecule has 4 N–H and O–H groups in total. The van der Waals surface area contributed by atoms with Crippen LogP contribution in [0.2, 0.25) is 10.0 Å². The fraction of sp³-hybridized carbons (Fsp3) is 0.323. The molecule has 218 valence electrons. The van der Waals surface area contributed by atoms with Gasteiger partial charge in [0.2, 0.25) is 0 Å². The number of aromatic nitrogens is 3. The maximum absolute atomic E-state index is 13.1. The highest BCUT2D eigenvalue weighted by Gasteiger charge is 2.19. The molecule has 2 amide bonds. The van der Waals surface area contributed by atoms with Gasteiger partial charge in [-0.25, -0.2) is 9.97 Å². The van der Waals surface area contributed by atoms with Crippen molar-refractivity contribution in [2.75, 3.05) is 5.32 Å². The smallest absolute Gasteiger partial charge is 0.262 e. The van der Waals surface area contributed by atoms with E-state index in [1.165, 1.54) is 18.2 Å². The number of aromatic amines is 1. The molecule has 0 unspecified atom stereocenters. The van der Waals surface area contributed by atoms with E-state index in [-0.39, 0.29) is 40.4 Å². The Kier molecular flexibility index (Phi) is 9.51. The van der Waals surface area contributed by atoms with Gasteiger partial charge in [0.1, 0.15) is 17.0 Å². The Morgan fingerprint density at radius 3 is 2.62 bits per heavy atom. The molecule has 9 nitrogen and oxygen atoms in total. The standard InChI is InChI=1S/C31H31Cl2N5O4/c32-22-5-1-4-19(13-22)16-35-29(40)20-9-12-25(33)26(15-20)36-30(41)24-14-21-17-34-27(37-28(21)38-31(24)42)6-2-3-18-7-10-23(39)11-8-18/h1,4-5,9,12-15,17-18,23,39H,2-3,6-8,10-11,16H2,(H,35,40)(H,36,41)(H,34,37,38,42). The molecule has 11 heteroatoms. The van der Waals surface area contributed by atoms with Gasteiger partial charge in [0.15, 0.2) is 0 Å². The number of halogens is 2. The summed E-state index contributed by atoms with van der Waals surface area (Å²) in [5.41, 5.74) is 0.939. The van der Waals surface area contributed by atoms with Crippen molar-refractivity contribution in [1.82, 2.24) is 20.3 Å². The first-order valence-electron chi connectivity index (χ1n) is 14.0. The van der Waals surface area contributed by atoms with Crippen LogP contribution in [0.5, 0.6) is 0 Å². The number of rotatable bonds is 9. The van der Waals surface area contributed by atoms with Crippen LogP contribution in [0.25, 0.3) is 11.0 Å². The van der Waals surface area contributed by atoms with Crippen LogP contribution in [0.4, 0.5) is 5.69 Å². The van der Waals surface area contributed by atoms with Crippen LogP contribution >= 0.6 is 23.2 Å². The van der Waals surface area contributed by atoms with Crippen LogP contribution < -0.4 is 16.2 Å². The third-order valence-electron chi connectivity index (χ3n) is 7.54. The van der Waals surface area contributed by atoms with Gasteiger partial charge in [-0.15, -0.1) is 0 Å². The van der Waals surface area contributed by atoms with Crippen LogP contribution in [0.15, 0.2) is 59.5 Å². The molecule has 1 fully saturated rings. The van der Waals surface area contributed by atoms with Crippen molar-refractivity contribution >= 4 is 51.7 Å². The van der Waals surface area contributed by atoms with E-state index in [0.29, 0.717) is 34.2 Å². The van der Waals surface area contributed by atoms with Gasteiger partial charge in [0.25, 0.3) is 17.4 Å². The van der Waals surface area contributed by atoms with Crippen molar-refractivity contribution in [1.29, 1.82) is 0 Å². The number of benzene rings is 2. The summed E-state index contributed by atoms with van der Waals surface area (Å²) in [5, 5.41) is 16.4. The summed E-state index contributed by atoms with van der Waals surface area (Å²) in [4.78, 5) is 50.2. The summed E-state index contributed by atoms with van der Waals surface area (Å²) in [6.07, 6.45) is 7.92. The van der Waals surface area contributed by atoms with Gasteiger partial charge in [0, 0.05) is 35.1 Å². The van der Waals surface area contributed by atoms with Gasteiger partial charge in [-0.05, 0) is 80.0 Å². The maximum Gasteiger partial charge on any atom is 0.262 e. The minimum absolute atomic E-state index is 0.134. The summed E-state index contributed by atoms with van der Waals surface area (Å²) < 4.78 is 0. The molecule has 0 bridgehead atoms. The van der Waals surface area contributed by atoms with Crippen LogP contribution in [0, 0.1) is 5.92 Å². The zero-order chi connectivity index (χ0) is 29.6. The Morgan fingerprint density at radius 2 is 1.83 bits per heavy atom. The second kappa shape index (κ2) is 13.5. The van der Waals surface area contributed by atoms with Gasteiger partial charge in [0.05, 0.1) is 16.8 Å². The zero-order valence-corrected chi connectivity index (χ0v) is 24.3. The van der Waals surface area contributed by atoms with E-state index in [9.17, 15) is 19.5 Å². The lowest BCUT2D eigenvalue weighted by atomic mass is 9.84. The number of hydrogen-bond acceptors (Lipinski definition) is 6. The van der Waals surface area contributed by atoms with Crippen molar-refractivity contribution in [3.63, 3.8) is 0 Å². The molecule has 0 aliphatic heterocycles. The number of anilines is 1. The highest BCUT2D eigenvalue weighted by molar-refractivity contribution is 6.34. The number of aliphatic hydroxyl groups is 1. The molecule has 2 aromatic carbocycles. The predicted octanol–water partition coefficient (Wildman–Crippen LogP) is 5.68. The fourth-order valence-electron chi connectivity index (χ4n) is 5.18. The molecule has 2 aromatic heterocycles. The Bertz CT molecular complexity index is 1670. The number of aliphatic hydroxyl groups excluding tert-OH is 1. The van der Waals surface area contributed by atoms with E-state index in [1.54, 1.807) is 30.5 Å². The Labute approximate surface area is 252 Å². The van der Waals surface area contributed by atoms with E-state index in [4.69, 9.17) is 23.2 Å². The summed E-state index contributed by atoms with van der Waals surface area (Å²) in [7, 11) is 0. The van der Waals surface area contributed by atoms with Gasteiger partial charge in [-0.2, -0.15) is 0 Å². The van der Waals surface area contributed by atoms with E-state index < -0.39 is 11.5 Å². The molecule has 1 saturated carbocycles. The first kappa shape index (κ1) is 29.7. The van der Waals surface area contributed by atoms with Crippen LogP contribution in [-0.2, 0) is 13.0 Å². The van der Waals surface area contributed by atoms with Crippen molar-refractivity contribution in [2.45, 2.75) is 57.6 Å². The number of fused-ring (bicyclic) bond motifs is 1. The third kappa shape index (κ3) is 7.53. The minimum atomic E-state index is -0.682. The molecule has 0 atom stereocenters. The first-order chi connectivity index (χ1) is 20.2. The molecule has 0 saturated heterocycles. The number of amides is 2. The van der Waals surface area contributed by atoms with E-state index in [1.807, 2.05) is 6.07 Å². The lowest BCUT2D eigenvalue weighted by Gasteiger charge is -2.25. The van der Waals surface area contributed by atoms with Crippen molar-refractivity contribution < 1.29 is 14.7 Å². The molecular weight excluding hydrogens is 577 g/mol. The second-order valence-corrected chi connectivity index (χ2v) is 11.5. The van der Waals surface area contributed by atoms with E-state index in [0.717, 1.165) is 44.1 Å². The quantitative estimate of drug-likeness (QED) is 0.193. The largest absolute Gasteiger partial charge is 0.393 e. The molecule has 42 heavy (non-hydrogen) atoms. The predicted molar refractivity (Wildman–Crippen MR) is 163 cm³/mol.